The van der Waals surface area contributed by atoms with Gasteiger partial charge in [0.05, 0.1) is 10.7 Å². The monoisotopic (exact) mass is 220 g/mol. The van der Waals surface area contributed by atoms with Crippen molar-refractivity contribution in [2.24, 2.45) is 0 Å². The van der Waals surface area contributed by atoms with Gasteiger partial charge in [-0.1, -0.05) is 17.8 Å². The summed E-state index contributed by atoms with van der Waals surface area (Å²) >= 11 is 1.75. The summed E-state index contributed by atoms with van der Waals surface area (Å²) in [6, 6.07) is 6.26. The smallest absolute Gasteiger partial charge is 0.189 e. The number of benzene rings is 1. The molecule has 1 aromatic rings. The third-order valence-corrected chi connectivity index (χ3v) is 3.74. The zero-order valence-electron chi connectivity index (χ0n) is 8.69. The van der Waals surface area contributed by atoms with E-state index >= 15 is 0 Å². The highest BCUT2D eigenvalue weighted by Crippen LogP contribution is 2.43. The number of allylic oxidation sites excluding steroid dienone is 1. The van der Waals surface area contributed by atoms with Gasteiger partial charge in [0.25, 0.3) is 0 Å². The highest BCUT2D eigenvalue weighted by Gasteiger charge is 2.35. The molecule has 3 rings (SSSR count). The Morgan fingerprint density at radius 3 is 2.93 bits per heavy atom. The molecule has 2 aliphatic rings. The summed E-state index contributed by atoms with van der Waals surface area (Å²) < 4.78 is 11.5. The molecule has 0 aliphatic carbocycles. The summed E-state index contributed by atoms with van der Waals surface area (Å²) in [5.41, 5.74) is 1.35. The van der Waals surface area contributed by atoms with Gasteiger partial charge in [0.2, 0.25) is 0 Å². The lowest BCUT2D eigenvalue weighted by molar-refractivity contribution is 0.119. The quantitative estimate of drug-likeness (QED) is 0.669. The average molecular weight is 220 g/mol. The molecule has 0 bridgehead atoms. The van der Waals surface area contributed by atoms with E-state index < -0.39 is 0 Å². The lowest BCUT2D eigenvalue weighted by Gasteiger charge is -2.27. The van der Waals surface area contributed by atoms with E-state index in [2.05, 4.69) is 19.1 Å². The Labute approximate surface area is 93.3 Å². The van der Waals surface area contributed by atoms with Crippen molar-refractivity contribution in [3.63, 3.8) is 0 Å². The van der Waals surface area contributed by atoms with Gasteiger partial charge in [-0.05, 0) is 37.6 Å². The number of thioether (sulfide) groups is 1. The van der Waals surface area contributed by atoms with Crippen molar-refractivity contribution in [3.8, 4) is 5.75 Å². The molecule has 3 heteroatoms. The Morgan fingerprint density at radius 1 is 1.20 bits per heavy atom. The van der Waals surface area contributed by atoms with Crippen LogP contribution >= 0.6 is 11.8 Å². The molecule has 15 heavy (non-hydrogen) atoms. The number of fused-ring (bicyclic) bond motifs is 2. The first-order valence-electron chi connectivity index (χ1n) is 5.01. The van der Waals surface area contributed by atoms with E-state index in [-0.39, 0.29) is 11.5 Å². The Kier molecular flexibility index (Phi) is 1.96. The van der Waals surface area contributed by atoms with Gasteiger partial charge in [-0.25, -0.2) is 0 Å². The van der Waals surface area contributed by atoms with E-state index in [0.29, 0.717) is 0 Å². The zero-order chi connectivity index (χ0) is 10.4. The SMILES string of the molecule is CC1=C[C@H]2Oc3ccc(C)cc3S[C@H]2O1. The summed E-state index contributed by atoms with van der Waals surface area (Å²) in [5, 5.41) is 0. The minimum Gasteiger partial charge on any atom is -0.480 e. The summed E-state index contributed by atoms with van der Waals surface area (Å²) in [5.74, 6) is 1.93. The molecule has 0 N–H and O–H groups in total. The van der Waals surface area contributed by atoms with Crippen LogP contribution in [0, 0.1) is 6.92 Å². The minimum atomic E-state index is 0.0743. The second-order valence-electron chi connectivity index (χ2n) is 3.91. The fourth-order valence-electron chi connectivity index (χ4n) is 1.86. The molecule has 0 unspecified atom stereocenters. The molecule has 1 aromatic carbocycles. The van der Waals surface area contributed by atoms with E-state index in [1.54, 1.807) is 11.8 Å². The molecule has 2 heterocycles. The first kappa shape index (κ1) is 9.16. The van der Waals surface area contributed by atoms with Crippen molar-refractivity contribution in [1.29, 1.82) is 0 Å². The number of ether oxygens (including phenoxy) is 2. The second kappa shape index (κ2) is 3.20. The third kappa shape index (κ3) is 1.51. The first-order valence-corrected chi connectivity index (χ1v) is 5.89. The van der Waals surface area contributed by atoms with Gasteiger partial charge in [-0.15, -0.1) is 0 Å². The Hall–Kier alpha value is -1.09. The van der Waals surface area contributed by atoms with Gasteiger partial charge in [-0.3, -0.25) is 0 Å². The lowest BCUT2D eigenvalue weighted by Crippen LogP contribution is -2.28. The van der Waals surface area contributed by atoms with E-state index in [0.717, 1.165) is 11.5 Å². The Balaban J connectivity index is 1.96. The standard InChI is InChI=1S/C12H12O2S/c1-7-3-4-9-11(5-7)15-12-10(14-9)6-8(2)13-12/h3-6,10,12H,1-2H3/t10-,12-/m1/s1. The average Bonchev–Trinajstić information content (AvgIpc) is 2.53. The van der Waals surface area contributed by atoms with Crippen LogP contribution in [0.15, 0.2) is 34.9 Å². The second-order valence-corrected chi connectivity index (χ2v) is 5.05. The molecule has 0 saturated heterocycles. The van der Waals surface area contributed by atoms with Crippen LogP contribution in [0.25, 0.3) is 0 Å². The number of hydrogen-bond acceptors (Lipinski definition) is 3. The molecule has 2 nitrogen and oxygen atoms in total. The molecule has 0 radical (unpaired) electrons. The van der Waals surface area contributed by atoms with Crippen LogP contribution in [-0.4, -0.2) is 11.5 Å². The highest BCUT2D eigenvalue weighted by atomic mass is 32.2. The molecular weight excluding hydrogens is 208 g/mol. The van der Waals surface area contributed by atoms with Crippen LogP contribution in [0.5, 0.6) is 5.75 Å². The van der Waals surface area contributed by atoms with E-state index in [4.69, 9.17) is 9.47 Å². The van der Waals surface area contributed by atoms with Gasteiger partial charge in [0, 0.05) is 0 Å². The van der Waals surface area contributed by atoms with E-state index in [1.807, 2.05) is 19.1 Å². The zero-order valence-corrected chi connectivity index (χ0v) is 9.51. The fourth-order valence-corrected chi connectivity index (χ4v) is 3.06. The fraction of sp³-hybridized carbons (Fsp3) is 0.333. The van der Waals surface area contributed by atoms with Crippen LogP contribution in [0.2, 0.25) is 0 Å². The number of aryl methyl sites for hydroxylation is 1. The lowest BCUT2D eigenvalue weighted by atomic mass is 10.2. The highest BCUT2D eigenvalue weighted by molar-refractivity contribution is 8.00. The molecule has 0 fully saturated rings. The summed E-state index contributed by atoms with van der Waals surface area (Å²) in [7, 11) is 0. The molecule has 2 aliphatic heterocycles. The van der Waals surface area contributed by atoms with E-state index in [1.165, 1.54) is 10.5 Å². The van der Waals surface area contributed by atoms with Crippen molar-refractivity contribution >= 4 is 11.8 Å². The first-order chi connectivity index (χ1) is 7.22. The van der Waals surface area contributed by atoms with Gasteiger partial charge >= 0.3 is 0 Å². The third-order valence-electron chi connectivity index (χ3n) is 2.57. The van der Waals surface area contributed by atoms with Crippen LogP contribution in [0.1, 0.15) is 12.5 Å². The summed E-state index contributed by atoms with van der Waals surface area (Å²) in [6.07, 6.45) is 2.12. The maximum atomic E-state index is 5.86. The normalized spacial score (nSPS) is 27.2. The molecule has 0 aromatic heterocycles. The van der Waals surface area contributed by atoms with Crippen molar-refractivity contribution in [1.82, 2.24) is 0 Å². The molecule has 2 atom stereocenters. The van der Waals surface area contributed by atoms with Gasteiger partial charge < -0.3 is 9.47 Å². The van der Waals surface area contributed by atoms with Crippen molar-refractivity contribution < 1.29 is 9.47 Å². The van der Waals surface area contributed by atoms with Crippen molar-refractivity contribution in [2.45, 2.75) is 30.3 Å². The minimum absolute atomic E-state index is 0.0743. The number of hydrogen-bond donors (Lipinski definition) is 0. The van der Waals surface area contributed by atoms with Gasteiger partial charge in [0.1, 0.15) is 5.75 Å². The molecule has 0 spiro atoms. The van der Waals surface area contributed by atoms with E-state index in [9.17, 15) is 0 Å². The predicted octanol–water partition coefficient (Wildman–Crippen LogP) is 3.11. The maximum Gasteiger partial charge on any atom is 0.189 e. The van der Waals surface area contributed by atoms with Crippen LogP contribution in [0.4, 0.5) is 0 Å². The largest absolute Gasteiger partial charge is 0.480 e. The molecular formula is C12H12O2S. The summed E-state index contributed by atoms with van der Waals surface area (Å²) in [4.78, 5) is 1.18. The predicted molar refractivity (Wildman–Crippen MR) is 60.1 cm³/mol. The van der Waals surface area contributed by atoms with Crippen LogP contribution < -0.4 is 4.74 Å². The van der Waals surface area contributed by atoms with Crippen molar-refractivity contribution in [3.05, 3.63) is 35.6 Å². The van der Waals surface area contributed by atoms with Gasteiger partial charge in [-0.2, -0.15) is 0 Å². The van der Waals surface area contributed by atoms with Crippen LogP contribution in [0.3, 0.4) is 0 Å². The number of rotatable bonds is 0. The Bertz CT molecular complexity index is 439. The van der Waals surface area contributed by atoms with Crippen molar-refractivity contribution in [2.75, 3.05) is 0 Å². The molecule has 0 saturated carbocycles. The maximum absolute atomic E-state index is 5.86. The summed E-state index contributed by atoms with van der Waals surface area (Å²) in [6.45, 7) is 4.06. The molecule has 78 valence electrons. The molecule has 0 amide bonds. The Morgan fingerprint density at radius 2 is 2.07 bits per heavy atom. The van der Waals surface area contributed by atoms with Gasteiger partial charge in [0.15, 0.2) is 11.5 Å². The topological polar surface area (TPSA) is 18.5 Å². The van der Waals surface area contributed by atoms with Crippen LogP contribution in [-0.2, 0) is 4.74 Å².